The molecule has 0 saturated carbocycles. The minimum atomic E-state index is 0.169. The van der Waals surface area contributed by atoms with Gasteiger partial charge in [-0.3, -0.25) is 15.1 Å². The standard InChI is InChI=1S/C31H30N6/c1-19(14-31(2,3)4)34-23-11-22(15-32-16-23)21-9-10-27-25(12-21)30(37-36-27)28-13-24-26(20-7-5-6-8-20)17-33-18-29(24)35-28/h5,7-13,15-18,34-35H,1,6,14H2,2-4H3,(H,36,37). The van der Waals surface area contributed by atoms with Gasteiger partial charge in [0, 0.05) is 40.0 Å². The average Bonchev–Trinajstić information content (AvgIpc) is 3.61. The molecule has 0 spiro atoms. The molecule has 184 valence electrons. The van der Waals surface area contributed by atoms with Gasteiger partial charge in [0.2, 0.25) is 0 Å². The Balaban J connectivity index is 1.36. The van der Waals surface area contributed by atoms with Gasteiger partial charge < -0.3 is 10.3 Å². The van der Waals surface area contributed by atoms with Gasteiger partial charge in [0.1, 0.15) is 5.69 Å². The van der Waals surface area contributed by atoms with Crippen molar-refractivity contribution in [2.24, 2.45) is 5.41 Å². The summed E-state index contributed by atoms with van der Waals surface area (Å²) in [5, 5.41) is 13.5. The highest BCUT2D eigenvalue weighted by atomic mass is 15.1. The second kappa shape index (κ2) is 8.89. The largest absolute Gasteiger partial charge is 0.358 e. The second-order valence-electron chi connectivity index (χ2n) is 10.9. The third kappa shape index (κ3) is 4.58. The Hall–Kier alpha value is -4.45. The Labute approximate surface area is 216 Å². The molecule has 1 aromatic carbocycles. The van der Waals surface area contributed by atoms with Gasteiger partial charge in [0.05, 0.1) is 34.8 Å². The van der Waals surface area contributed by atoms with Crippen LogP contribution < -0.4 is 5.32 Å². The Morgan fingerprint density at radius 1 is 0.973 bits per heavy atom. The third-order valence-corrected chi connectivity index (χ3v) is 6.58. The minimum Gasteiger partial charge on any atom is -0.358 e. The fourth-order valence-electron chi connectivity index (χ4n) is 5.02. The second-order valence-corrected chi connectivity index (χ2v) is 10.9. The minimum absolute atomic E-state index is 0.169. The Morgan fingerprint density at radius 3 is 2.65 bits per heavy atom. The lowest BCUT2D eigenvalue weighted by Gasteiger charge is -2.20. The lowest BCUT2D eigenvalue weighted by atomic mass is 9.91. The van der Waals surface area contributed by atoms with Crippen LogP contribution in [0.25, 0.3) is 49.9 Å². The molecule has 0 amide bonds. The zero-order valence-electron chi connectivity index (χ0n) is 21.4. The number of allylic oxidation sites excluding steroid dienone is 5. The molecule has 6 rings (SSSR count). The molecule has 4 aromatic heterocycles. The first-order valence-corrected chi connectivity index (χ1v) is 12.6. The molecule has 0 aliphatic heterocycles. The van der Waals surface area contributed by atoms with Crippen LogP contribution in [0.1, 0.15) is 39.2 Å². The van der Waals surface area contributed by atoms with Gasteiger partial charge in [0.15, 0.2) is 0 Å². The molecule has 37 heavy (non-hydrogen) atoms. The first kappa shape index (κ1) is 23.0. The van der Waals surface area contributed by atoms with E-state index >= 15 is 0 Å². The third-order valence-electron chi connectivity index (χ3n) is 6.58. The maximum absolute atomic E-state index is 4.67. The van der Waals surface area contributed by atoms with Crippen molar-refractivity contribution in [2.45, 2.75) is 33.6 Å². The molecule has 0 saturated heterocycles. The van der Waals surface area contributed by atoms with Gasteiger partial charge in [-0.2, -0.15) is 5.10 Å². The molecule has 3 N–H and O–H groups in total. The number of nitrogens with zero attached hydrogens (tertiary/aromatic N) is 3. The average molecular weight is 487 g/mol. The molecular formula is C31H30N6. The van der Waals surface area contributed by atoms with Crippen LogP contribution in [0.3, 0.4) is 0 Å². The van der Waals surface area contributed by atoms with E-state index in [1.54, 1.807) is 0 Å². The van der Waals surface area contributed by atoms with E-state index in [1.807, 2.05) is 24.8 Å². The molecule has 6 heteroatoms. The van der Waals surface area contributed by atoms with Crippen molar-refractivity contribution in [3.8, 4) is 22.5 Å². The Kier molecular flexibility index (Phi) is 5.52. The fourth-order valence-corrected chi connectivity index (χ4v) is 5.02. The monoisotopic (exact) mass is 486 g/mol. The van der Waals surface area contributed by atoms with E-state index < -0.39 is 0 Å². The Bertz CT molecular complexity index is 1710. The lowest BCUT2D eigenvalue weighted by Crippen LogP contribution is -2.10. The zero-order chi connectivity index (χ0) is 25.6. The number of rotatable bonds is 6. The van der Waals surface area contributed by atoms with Gasteiger partial charge >= 0.3 is 0 Å². The summed E-state index contributed by atoms with van der Waals surface area (Å²) in [5.41, 5.74) is 10.4. The highest BCUT2D eigenvalue weighted by Gasteiger charge is 2.16. The molecule has 4 heterocycles. The summed E-state index contributed by atoms with van der Waals surface area (Å²) in [5.74, 6) is 0. The zero-order valence-corrected chi connectivity index (χ0v) is 21.4. The van der Waals surface area contributed by atoms with Crippen molar-refractivity contribution in [3.63, 3.8) is 0 Å². The predicted molar refractivity (Wildman–Crippen MR) is 153 cm³/mol. The number of hydrogen-bond donors (Lipinski definition) is 3. The number of hydrogen-bond acceptors (Lipinski definition) is 4. The number of H-pyrrole nitrogens is 2. The van der Waals surface area contributed by atoms with E-state index in [1.165, 1.54) is 5.57 Å². The van der Waals surface area contributed by atoms with Crippen LogP contribution in [0.4, 0.5) is 5.69 Å². The van der Waals surface area contributed by atoms with Gasteiger partial charge in [-0.05, 0) is 53.7 Å². The number of aromatic nitrogens is 5. The van der Waals surface area contributed by atoms with E-state index in [4.69, 9.17) is 0 Å². The summed E-state index contributed by atoms with van der Waals surface area (Å²) in [6.45, 7) is 10.8. The van der Waals surface area contributed by atoms with Crippen LogP contribution in [0.15, 0.2) is 85.6 Å². The maximum atomic E-state index is 4.67. The molecular weight excluding hydrogens is 456 g/mol. The quantitative estimate of drug-likeness (QED) is 0.228. The number of benzene rings is 1. The van der Waals surface area contributed by atoms with Crippen LogP contribution in [0.2, 0.25) is 0 Å². The summed E-state index contributed by atoms with van der Waals surface area (Å²) in [7, 11) is 0. The van der Waals surface area contributed by atoms with E-state index in [0.717, 1.165) is 74.1 Å². The molecule has 1 aliphatic carbocycles. The Morgan fingerprint density at radius 2 is 1.84 bits per heavy atom. The van der Waals surface area contributed by atoms with Gasteiger partial charge in [0.25, 0.3) is 0 Å². The normalized spacial score (nSPS) is 13.4. The summed E-state index contributed by atoms with van der Waals surface area (Å²) in [6, 6.07) is 10.6. The van der Waals surface area contributed by atoms with Crippen molar-refractivity contribution in [1.29, 1.82) is 0 Å². The van der Waals surface area contributed by atoms with E-state index in [0.29, 0.717) is 0 Å². The summed E-state index contributed by atoms with van der Waals surface area (Å²) in [4.78, 5) is 12.5. The number of fused-ring (bicyclic) bond motifs is 2. The summed E-state index contributed by atoms with van der Waals surface area (Å²) in [6.07, 6.45) is 16.0. The number of aromatic amines is 2. The predicted octanol–water partition coefficient (Wildman–Crippen LogP) is 7.87. The molecule has 5 aromatic rings. The number of pyridine rings is 2. The van der Waals surface area contributed by atoms with Crippen molar-refractivity contribution in [3.05, 3.63) is 91.2 Å². The number of nitrogens with one attached hydrogen (secondary N) is 3. The summed E-state index contributed by atoms with van der Waals surface area (Å²) >= 11 is 0. The molecule has 0 bridgehead atoms. The first-order valence-electron chi connectivity index (χ1n) is 12.6. The maximum Gasteiger partial charge on any atom is 0.116 e. The SMILES string of the molecule is C=C(CC(C)(C)C)Nc1cncc(-c2ccc3[nH]nc(-c4cc5c(C6=CCC=C6)cncc5[nH]4)c3c2)c1. The smallest absolute Gasteiger partial charge is 0.116 e. The van der Waals surface area contributed by atoms with Gasteiger partial charge in [-0.1, -0.05) is 51.6 Å². The fraction of sp³-hybridized carbons (Fsp3) is 0.194. The van der Waals surface area contributed by atoms with Crippen LogP contribution in [-0.4, -0.2) is 25.1 Å². The van der Waals surface area contributed by atoms with Crippen molar-refractivity contribution >= 4 is 33.1 Å². The molecule has 0 atom stereocenters. The van der Waals surface area contributed by atoms with Crippen LogP contribution in [0, 0.1) is 5.41 Å². The molecule has 0 radical (unpaired) electrons. The topological polar surface area (TPSA) is 82.3 Å². The lowest BCUT2D eigenvalue weighted by molar-refractivity contribution is 0.411. The summed E-state index contributed by atoms with van der Waals surface area (Å²) < 4.78 is 0. The van der Waals surface area contributed by atoms with E-state index in [2.05, 4.69) is 106 Å². The van der Waals surface area contributed by atoms with Gasteiger partial charge in [-0.15, -0.1) is 0 Å². The van der Waals surface area contributed by atoms with Crippen molar-refractivity contribution in [2.75, 3.05) is 5.32 Å². The van der Waals surface area contributed by atoms with Crippen LogP contribution in [-0.2, 0) is 0 Å². The molecule has 6 nitrogen and oxygen atoms in total. The number of anilines is 1. The van der Waals surface area contributed by atoms with Crippen molar-refractivity contribution in [1.82, 2.24) is 25.1 Å². The van der Waals surface area contributed by atoms with Crippen LogP contribution >= 0.6 is 0 Å². The van der Waals surface area contributed by atoms with E-state index in [-0.39, 0.29) is 5.41 Å². The van der Waals surface area contributed by atoms with Gasteiger partial charge in [-0.25, -0.2) is 0 Å². The van der Waals surface area contributed by atoms with Crippen LogP contribution in [0.5, 0.6) is 0 Å². The molecule has 0 fully saturated rings. The molecule has 1 aliphatic rings. The van der Waals surface area contributed by atoms with Crippen molar-refractivity contribution < 1.29 is 0 Å². The highest BCUT2D eigenvalue weighted by molar-refractivity contribution is 6.01. The van der Waals surface area contributed by atoms with E-state index in [9.17, 15) is 0 Å². The molecule has 0 unspecified atom stereocenters. The highest BCUT2D eigenvalue weighted by Crippen LogP contribution is 2.35. The first-order chi connectivity index (χ1) is 17.8.